The molecule has 0 spiro atoms. The van der Waals surface area contributed by atoms with Gasteiger partial charge in [0.05, 0.1) is 17.3 Å². The van der Waals surface area contributed by atoms with Crippen LogP contribution in [0.25, 0.3) is 0 Å². The fraction of sp³-hybridized carbons (Fsp3) is 0.250. The topological polar surface area (TPSA) is 43.8 Å². The van der Waals surface area contributed by atoms with Gasteiger partial charge in [0.15, 0.2) is 0 Å². The van der Waals surface area contributed by atoms with Crippen LogP contribution in [0.5, 0.6) is 0 Å². The minimum Gasteiger partial charge on any atom is -0.320 e. The maximum Gasteiger partial charge on any atom is 0.142 e. The molecule has 17 heavy (non-hydrogen) atoms. The molecule has 0 radical (unpaired) electrons. The molecule has 1 unspecified atom stereocenters. The van der Waals surface area contributed by atoms with Gasteiger partial charge >= 0.3 is 0 Å². The summed E-state index contributed by atoms with van der Waals surface area (Å²) < 4.78 is 15.1. The Morgan fingerprint density at radius 2 is 2.29 bits per heavy atom. The van der Waals surface area contributed by atoms with Crippen molar-refractivity contribution in [3.63, 3.8) is 0 Å². The molecule has 0 aliphatic heterocycles. The standard InChI is InChI=1S/C12H13ClFN3/c1-2-17-7-8(6-16-17)12(15)9-4-3-5-10(14)11(9)13/h3-7,12H,2,15H2,1H3. The van der Waals surface area contributed by atoms with Gasteiger partial charge < -0.3 is 5.73 Å². The van der Waals surface area contributed by atoms with Crippen LogP contribution in [0.3, 0.4) is 0 Å². The second-order valence-corrected chi connectivity index (χ2v) is 4.13. The van der Waals surface area contributed by atoms with Gasteiger partial charge in [-0.2, -0.15) is 5.10 Å². The van der Waals surface area contributed by atoms with Gasteiger partial charge in [-0.05, 0) is 18.6 Å². The van der Waals surface area contributed by atoms with Crippen molar-refractivity contribution in [1.82, 2.24) is 9.78 Å². The monoisotopic (exact) mass is 253 g/mol. The van der Waals surface area contributed by atoms with Crippen molar-refractivity contribution in [2.45, 2.75) is 19.5 Å². The summed E-state index contributed by atoms with van der Waals surface area (Å²) in [7, 11) is 0. The van der Waals surface area contributed by atoms with Crippen molar-refractivity contribution in [3.05, 3.63) is 52.6 Å². The van der Waals surface area contributed by atoms with E-state index in [1.54, 1.807) is 23.0 Å². The van der Waals surface area contributed by atoms with E-state index in [-0.39, 0.29) is 5.02 Å². The van der Waals surface area contributed by atoms with Crippen LogP contribution in [0.15, 0.2) is 30.6 Å². The van der Waals surface area contributed by atoms with Crippen LogP contribution in [0.4, 0.5) is 4.39 Å². The third-order valence-corrected chi connectivity index (χ3v) is 3.05. The van der Waals surface area contributed by atoms with Gasteiger partial charge in [0.2, 0.25) is 0 Å². The summed E-state index contributed by atoms with van der Waals surface area (Å²) in [5, 5.41) is 4.21. The first-order valence-corrected chi connectivity index (χ1v) is 5.73. The lowest BCUT2D eigenvalue weighted by atomic mass is 10.0. The predicted molar refractivity (Wildman–Crippen MR) is 65.3 cm³/mol. The smallest absolute Gasteiger partial charge is 0.142 e. The third-order valence-electron chi connectivity index (χ3n) is 2.65. The normalized spacial score (nSPS) is 12.7. The average Bonchev–Trinajstić information content (AvgIpc) is 2.80. The molecule has 2 rings (SSSR count). The molecule has 0 saturated carbocycles. The third kappa shape index (κ3) is 2.33. The zero-order chi connectivity index (χ0) is 12.4. The molecular formula is C12H13ClFN3. The van der Waals surface area contributed by atoms with E-state index >= 15 is 0 Å². The second-order valence-electron chi connectivity index (χ2n) is 3.75. The molecule has 90 valence electrons. The maximum atomic E-state index is 13.3. The van der Waals surface area contributed by atoms with E-state index in [9.17, 15) is 4.39 Å². The van der Waals surface area contributed by atoms with Gasteiger partial charge in [-0.3, -0.25) is 4.68 Å². The molecule has 0 aliphatic rings. The zero-order valence-corrected chi connectivity index (χ0v) is 10.2. The van der Waals surface area contributed by atoms with Crippen molar-refractivity contribution in [2.75, 3.05) is 0 Å². The van der Waals surface area contributed by atoms with E-state index in [0.29, 0.717) is 5.56 Å². The summed E-state index contributed by atoms with van der Waals surface area (Å²) in [6, 6.07) is 4.17. The van der Waals surface area contributed by atoms with Gasteiger partial charge in [-0.15, -0.1) is 0 Å². The molecule has 0 saturated heterocycles. The molecule has 1 aromatic carbocycles. The highest BCUT2D eigenvalue weighted by Gasteiger charge is 2.16. The summed E-state index contributed by atoms with van der Waals surface area (Å²) in [6.45, 7) is 2.75. The molecule has 3 nitrogen and oxygen atoms in total. The van der Waals surface area contributed by atoms with Crippen LogP contribution in [-0.2, 0) is 6.54 Å². The lowest BCUT2D eigenvalue weighted by molar-refractivity contribution is 0.624. The molecule has 0 aliphatic carbocycles. The van der Waals surface area contributed by atoms with Crippen LogP contribution < -0.4 is 5.73 Å². The number of hydrogen-bond acceptors (Lipinski definition) is 2. The van der Waals surface area contributed by atoms with Crippen LogP contribution in [0.2, 0.25) is 5.02 Å². The predicted octanol–water partition coefficient (Wildman–Crippen LogP) is 2.74. The minimum atomic E-state index is -0.460. The van der Waals surface area contributed by atoms with Crippen LogP contribution in [0.1, 0.15) is 24.1 Å². The number of nitrogens with two attached hydrogens (primary N) is 1. The zero-order valence-electron chi connectivity index (χ0n) is 9.40. The quantitative estimate of drug-likeness (QED) is 0.914. The maximum absolute atomic E-state index is 13.3. The van der Waals surface area contributed by atoms with E-state index in [2.05, 4.69) is 5.10 Å². The first-order chi connectivity index (χ1) is 8.13. The number of aryl methyl sites for hydroxylation is 1. The minimum absolute atomic E-state index is 0.0734. The number of rotatable bonds is 3. The molecular weight excluding hydrogens is 241 g/mol. The number of nitrogens with zero attached hydrogens (tertiary/aromatic N) is 2. The van der Waals surface area contributed by atoms with E-state index in [1.807, 2.05) is 13.1 Å². The Balaban J connectivity index is 2.36. The van der Waals surface area contributed by atoms with Gasteiger partial charge in [0.1, 0.15) is 5.82 Å². The van der Waals surface area contributed by atoms with Gasteiger partial charge in [0, 0.05) is 18.3 Å². The summed E-state index contributed by atoms with van der Waals surface area (Å²) in [4.78, 5) is 0. The van der Waals surface area contributed by atoms with E-state index in [4.69, 9.17) is 17.3 Å². The van der Waals surface area contributed by atoms with Crippen molar-refractivity contribution in [1.29, 1.82) is 0 Å². The average molecular weight is 254 g/mol. The van der Waals surface area contributed by atoms with Gasteiger partial charge in [-0.25, -0.2) is 4.39 Å². The lowest BCUT2D eigenvalue weighted by Gasteiger charge is -2.12. The van der Waals surface area contributed by atoms with Crippen LogP contribution in [-0.4, -0.2) is 9.78 Å². The summed E-state index contributed by atoms with van der Waals surface area (Å²) in [5.41, 5.74) is 7.44. The first-order valence-electron chi connectivity index (χ1n) is 5.35. The Morgan fingerprint density at radius 3 is 2.94 bits per heavy atom. The highest BCUT2D eigenvalue weighted by molar-refractivity contribution is 6.31. The summed E-state index contributed by atoms with van der Waals surface area (Å²) in [5.74, 6) is -0.456. The molecule has 1 aromatic heterocycles. The molecule has 0 fully saturated rings. The molecule has 1 heterocycles. The van der Waals surface area contributed by atoms with E-state index < -0.39 is 11.9 Å². The molecule has 5 heteroatoms. The Morgan fingerprint density at radius 1 is 1.53 bits per heavy atom. The number of hydrogen-bond donors (Lipinski definition) is 1. The van der Waals surface area contributed by atoms with Gasteiger partial charge in [-0.1, -0.05) is 23.7 Å². The highest BCUT2D eigenvalue weighted by atomic mass is 35.5. The Labute approximate surface area is 104 Å². The number of aromatic nitrogens is 2. The summed E-state index contributed by atoms with van der Waals surface area (Å²) >= 11 is 5.90. The van der Waals surface area contributed by atoms with E-state index in [0.717, 1.165) is 12.1 Å². The number of benzene rings is 1. The Hall–Kier alpha value is -1.39. The number of halogens is 2. The van der Waals surface area contributed by atoms with E-state index in [1.165, 1.54) is 6.07 Å². The Kier molecular flexibility index (Phi) is 3.45. The molecule has 2 aromatic rings. The largest absolute Gasteiger partial charge is 0.320 e. The molecule has 0 amide bonds. The highest BCUT2D eigenvalue weighted by Crippen LogP contribution is 2.28. The van der Waals surface area contributed by atoms with Crippen molar-refractivity contribution < 1.29 is 4.39 Å². The van der Waals surface area contributed by atoms with Crippen molar-refractivity contribution in [2.24, 2.45) is 5.73 Å². The van der Waals surface area contributed by atoms with Gasteiger partial charge in [0.25, 0.3) is 0 Å². The summed E-state index contributed by atoms with van der Waals surface area (Å²) in [6.07, 6.45) is 3.52. The van der Waals surface area contributed by atoms with Crippen LogP contribution >= 0.6 is 11.6 Å². The lowest BCUT2D eigenvalue weighted by Crippen LogP contribution is -2.12. The first kappa shape index (κ1) is 12.1. The molecule has 2 N–H and O–H groups in total. The fourth-order valence-corrected chi connectivity index (χ4v) is 1.90. The van der Waals surface area contributed by atoms with Crippen LogP contribution in [0, 0.1) is 5.82 Å². The Bertz CT molecular complexity index is 524. The van der Waals surface area contributed by atoms with Crippen molar-refractivity contribution >= 4 is 11.6 Å². The van der Waals surface area contributed by atoms with Crippen molar-refractivity contribution in [3.8, 4) is 0 Å². The SMILES string of the molecule is CCn1cc(C(N)c2cccc(F)c2Cl)cn1. The molecule has 1 atom stereocenters. The molecule has 0 bridgehead atoms. The second kappa shape index (κ2) is 4.85. The fourth-order valence-electron chi connectivity index (χ4n) is 1.65.